The highest BCUT2D eigenvalue weighted by molar-refractivity contribution is 9.10. The summed E-state index contributed by atoms with van der Waals surface area (Å²) in [6, 6.07) is 15.5. The molecule has 0 unspecified atom stereocenters. The van der Waals surface area contributed by atoms with Gasteiger partial charge in [0, 0.05) is 23.9 Å². The van der Waals surface area contributed by atoms with Gasteiger partial charge in [0.2, 0.25) is 11.5 Å². The number of carbonyl (C=O) groups excluding carboxylic acids is 1. The molecule has 0 atom stereocenters. The molecule has 0 saturated heterocycles. The number of nitrogens with zero attached hydrogens (tertiary/aromatic N) is 5. The van der Waals surface area contributed by atoms with Gasteiger partial charge >= 0.3 is 0 Å². The zero-order chi connectivity index (χ0) is 25.8. The predicted octanol–water partition coefficient (Wildman–Crippen LogP) is 4.82. The molecule has 0 aliphatic rings. The predicted molar refractivity (Wildman–Crippen MR) is 141 cm³/mol. The van der Waals surface area contributed by atoms with Crippen LogP contribution in [0.2, 0.25) is 0 Å². The van der Waals surface area contributed by atoms with Crippen LogP contribution in [0.1, 0.15) is 21.5 Å². The number of aromatic nitrogens is 5. The van der Waals surface area contributed by atoms with E-state index in [0.29, 0.717) is 36.0 Å². The molecule has 10 heteroatoms. The van der Waals surface area contributed by atoms with Crippen LogP contribution in [-0.2, 0) is 20.2 Å². The van der Waals surface area contributed by atoms with Crippen molar-refractivity contribution in [2.75, 3.05) is 13.7 Å². The third-order valence-corrected chi connectivity index (χ3v) is 6.12. The number of ketones is 1. The van der Waals surface area contributed by atoms with Crippen LogP contribution < -0.4 is 14.2 Å². The SMILES string of the molecule is COc1cc(Cn2cnc3cc(Br)cnc32)cc(OCC(=O)c2cnn(C)c2)c1OCc1ccccc1. The summed E-state index contributed by atoms with van der Waals surface area (Å²) >= 11 is 3.43. The zero-order valence-electron chi connectivity index (χ0n) is 20.3. The van der Waals surface area contributed by atoms with Gasteiger partial charge in [0.05, 0.1) is 31.7 Å². The molecule has 3 aromatic heterocycles. The molecule has 3 heterocycles. The molecular formula is C27H24BrN5O4. The largest absolute Gasteiger partial charge is 0.493 e. The lowest BCUT2D eigenvalue weighted by molar-refractivity contribution is 0.0917. The Kier molecular flexibility index (Phi) is 7.18. The Bertz CT molecular complexity index is 1550. The number of hydrogen-bond donors (Lipinski definition) is 0. The quantitative estimate of drug-likeness (QED) is 0.225. The topological polar surface area (TPSA) is 93.3 Å². The van der Waals surface area contributed by atoms with Crippen LogP contribution in [-0.4, -0.2) is 43.8 Å². The van der Waals surface area contributed by atoms with Crippen molar-refractivity contribution < 1.29 is 19.0 Å². The number of ether oxygens (including phenoxy) is 3. The van der Waals surface area contributed by atoms with Gasteiger partial charge in [-0.15, -0.1) is 0 Å². The van der Waals surface area contributed by atoms with E-state index >= 15 is 0 Å². The van der Waals surface area contributed by atoms with Crippen molar-refractivity contribution in [1.29, 1.82) is 0 Å². The summed E-state index contributed by atoms with van der Waals surface area (Å²) in [5, 5.41) is 4.06. The fraction of sp³-hybridized carbons (Fsp3) is 0.185. The maximum Gasteiger partial charge on any atom is 0.203 e. The van der Waals surface area contributed by atoms with Crippen LogP contribution in [0.15, 0.2) is 77.9 Å². The maximum absolute atomic E-state index is 12.7. The van der Waals surface area contributed by atoms with Crippen molar-refractivity contribution in [1.82, 2.24) is 24.3 Å². The minimum absolute atomic E-state index is 0.177. The van der Waals surface area contributed by atoms with E-state index in [2.05, 4.69) is 31.0 Å². The van der Waals surface area contributed by atoms with Gasteiger partial charge in [-0.2, -0.15) is 5.10 Å². The third kappa shape index (κ3) is 5.64. The highest BCUT2D eigenvalue weighted by atomic mass is 79.9. The molecule has 0 spiro atoms. The van der Waals surface area contributed by atoms with Gasteiger partial charge in [-0.25, -0.2) is 9.97 Å². The lowest BCUT2D eigenvalue weighted by Crippen LogP contribution is -2.12. The first-order valence-electron chi connectivity index (χ1n) is 11.5. The average Bonchev–Trinajstić information content (AvgIpc) is 3.52. The Morgan fingerprint density at radius 2 is 1.81 bits per heavy atom. The molecular weight excluding hydrogens is 538 g/mol. The summed E-state index contributed by atoms with van der Waals surface area (Å²) in [6.45, 7) is 0.603. The third-order valence-electron chi connectivity index (χ3n) is 5.69. The number of halogens is 1. The fourth-order valence-corrected chi connectivity index (χ4v) is 4.20. The minimum atomic E-state index is -0.193. The highest BCUT2D eigenvalue weighted by Crippen LogP contribution is 2.40. The number of rotatable bonds is 10. The van der Waals surface area contributed by atoms with Crippen molar-refractivity contribution in [3.63, 3.8) is 0 Å². The van der Waals surface area contributed by atoms with E-state index in [1.165, 1.54) is 6.20 Å². The number of imidazole rings is 1. The Balaban J connectivity index is 1.45. The molecule has 2 aromatic carbocycles. The molecule has 0 N–H and O–H groups in total. The van der Waals surface area contributed by atoms with Crippen LogP contribution in [0.4, 0.5) is 0 Å². The second-order valence-electron chi connectivity index (χ2n) is 8.38. The summed E-state index contributed by atoms with van der Waals surface area (Å²) in [4.78, 5) is 21.7. The van der Waals surface area contributed by atoms with E-state index in [1.54, 1.807) is 37.6 Å². The summed E-state index contributed by atoms with van der Waals surface area (Å²) in [5.41, 5.74) is 3.87. The number of Topliss-reactive ketones (excluding diaryl/α,β-unsaturated/α-hetero) is 1. The molecule has 9 nitrogen and oxygen atoms in total. The number of methoxy groups -OCH3 is 1. The molecule has 5 rings (SSSR count). The van der Waals surface area contributed by atoms with Crippen molar-refractivity contribution in [3.05, 3.63) is 94.6 Å². The standard InChI is InChI=1S/C27H24BrN5O4/c1-32-14-20(11-31-32)23(34)16-36-25-9-19(13-33-17-30-22-10-21(28)12-29-27(22)33)8-24(35-2)26(25)37-15-18-6-4-3-5-7-18/h3-12,14,17H,13,15-16H2,1-2H3. The fourth-order valence-electron chi connectivity index (χ4n) is 3.88. The Morgan fingerprint density at radius 3 is 2.57 bits per heavy atom. The molecule has 0 fully saturated rings. The number of aryl methyl sites for hydroxylation is 1. The highest BCUT2D eigenvalue weighted by Gasteiger charge is 2.18. The lowest BCUT2D eigenvalue weighted by atomic mass is 10.1. The second-order valence-corrected chi connectivity index (χ2v) is 9.30. The van der Waals surface area contributed by atoms with Crippen molar-refractivity contribution in [2.24, 2.45) is 7.05 Å². The van der Waals surface area contributed by atoms with Gasteiger partial charge in [-0.05, 0) is 45.3 Å². The first kappa shape index (κ1) is 24.5. The van der Waals surface area contributed by atoms with Crippen LogP contribution >= 0.6 is 15.9 Å². The summed E-state index contributed by atoms with van der Waals surface area (Å²) in [5.74, 6) is 1.13. The second kappa shape index (κ2) is 10.8. The number of fused-ring (bicyclic) bond motifs is 1. The molecule has 0 aliphatic carbocycles. The Hall–Kier alpha value is -4.18. The van der Waals surface area contributed by atoms with E-state index in [0.717, 1.165) is 26.8 Å². The van der Waals surface area contributed by atoms with E-state index in [1.807, 2.05) is 53.1 Å². The maximum atomic E-state index is 12.7. The van der Waals surface area contributed by atoms with E-state index in [4.69, 9.17) is 14.2 Å². The van der Waals surface area contributed by atoms with Crippen LogP contribution in [0, 0.1) is 0 Å². The van der Waals surface area contributed by atoms with Crippen LogP contribution in [0.25, 0.3) is 11.2 Å². The monoisotopic (exact) mass is 561 g/mol. The van der Waals surface area contributed by atoms with Gasteiger partial charge < -0.3 is 18.8 Å². The summed E-state index contributed by atoms with van der Waals surface area (Å²) in [7, 11) is 3.33. The van der Waals surface area contributed by atoms with Crippen molar-refractivity contribution in [3.8, 4) is 17.2 Å². The lowest BCUT2D eigenvalue weighted by Gasteiger charge is -2.18. The summed E-state index contributed by atoms with van der Waals surface area (Å²) < 4.78 is 22.2. The molecule has 0 bridgehead atoms. The minimum Gasteiger partial charge on any atom is -0.493 e. The van der Waals surface area contributed by atoms with Gasteiger partial charge in [0.1, 0.15) is 12.1 Å². The van der Waals surface area contributed by atoms with Crippen LogP contribution in [0.5, 0.6) is 17.2 Å². The Labute approximate surface area is 221 Å². The first-order valence-corrected chi connectivity index (χ1v) is 12.3. The number of pyridine rings is 1. The average molecular weight is 562 g/mol. The Morgan fingerprint density at radius 1 is 1.00 bits per heavy atom. The van der Waals surface area contributed by atoms with E-state index in [9.17, 15) is 4.79 Å². The number of benzene rings is 2. The molecule has 37 heavy (non-hydrogen) atoms. The van der Waals surface area contributed by atoms with Crippen molar-refractivity contribution in [2.45, 2.75) is 13.2 Å². The molecule has 0 radical (unpaired) electrons. The molecule has 5 aromatic rings. The molecule has 188 valence electrons. The molecule has 0 aliphatic heterocycles. The molecule has 0 amide bonds. The van der Waals surface area contributed by atoms with Gasteiger partial charge in [-0.1, -0.05) is 30.3 Å². The number of carbonyl (C=O) groups is 1. The normalized spacial score (nSPS) is 11.0. The van der Waals surface area contributed by atoms with Gasteiger partial charge in [0.25, 0.3) is 0 Å². The summed E-state index contributed by atoms with van der Waals surface area (Å²) in [6.07, 6.45) is 6.65. The smallest absolute Gasteiger partial charge is 0.203 e. The molecule has 0 saturated carbocycles. The van der Waals surface area contributed by atoms with Gasteiger partial charge in [0.15, 0.2) is 23.8 Å². The van der Waals surface area contributed by atoms with E-state index in [-0.39, 0.29) is 12.4 Å². The van der Waals surface area contributed by atoms with Crippen molar-refractivity contribution >= 4 is 32.9 Å². The number of hydrogen-bond acceptors (Lipinski definition) is 7. The zero-order valence-corrected chi connectivity index (χ0v) is 21.9. The first-order chi connectivity index (χ1) is 18.0. The van der Waals surface area contributed by atoms with Gasteiger partial charge in [-0.3, -0.25) is 9.48 Å². The van der Waals surface area contributed by atoms with Crippen LogP contribution in [0.3, 0.4) is 0 Å². The van der Waals surface area contributed by atoms with E-state index < -0.39 is 0 Å².